The zero-order chi connectivity index (χ0) is 19.2. The van der Waals surface area contributed by atoms with Crippen LogP contribution >= 0.6 is 15.9 Å². The summed E-state index contributed by atoms with van der Waals surface area (Å²) in [6.07, 6.45) is 2.40. The number of hydrogen-bond acceptors (Lipinski definition) is 4. The Morgan fingerprint density at radius 2 is 2.04 bits per heavy atom. The summed E-state index contributed by atoms with van der Waals surface area (Å²) >= 11 is 3.45. The number of hydrogen-bond donors (Lipinski definition) is 1. The van der Waals surface area contributed by atoms with Crippen molar-refractivity contribution in [2.75, 3.05) is 18.5 Å². The maximum absolute atomic E-state index is 12.5. The second-order valence-corrected chi connectivity index (χ2v) is 7.59. The van der Waals surface area contributed by atoms with Crippen LogP contribution in [0.15, 0.2) is 46.9 Å². The molecule has 0 saturated carbocycles. The SMILES string of the molecule is CC(C)Oc1ccc(C(=O)Nc2ccc(OCC3CCCO3)cc2)cc1Br. The van der Waals surface area contributed by atoms with E-state index >= 15 is 0 Å². The Morgan fingerprint density at radius 1 is 1.26 bits per heavy atom. The van der Waals surface area contributed by atoms with Crippen LogP contribution in [0.2, 0.25) is 0 Å². The third-order valence-electron chi connectivity index (χ3n) is 4.13. The Bertz CT molecular complexity index is 770. The van der Waals surface area contributed by atoms with Gasteiger partial charge >= 0.3 is 0 Å². The number of halogens is 1. The van der Waals surface area contributed by atoms with E-state index in [1.807, 2.05) is 38.1 Å². The first kappa shape index (κ1) is 19.7. The molecule has 0 bridgehead atoms. The summed E-state index contributed by atoms with van der Waals surface area (Å²) in [7, 11) is 0. The van der Waals surface area contributed by atoms with Gasteiger partial charge < -0.3 is 19.5 Å². The summed E-state index contributed by atoms with van der Waals surface area (Å²) in [6, 6.07) is 12.6. The van der Waals surface area contributed by atoms with Gasteiger partial charge in [0.1, 0.15) is 18.1 Å². The lowest BCUT2D eigenvalue weighted by Gasteiger charge is -2.13. The summed E-state index contributed by atoms with van der Waals surface area (Å²) in [5.74, 6) is 1.30. The molecule has 1 unspecified atom stereocenters. The highest BCUT2D eigenvalue weighted by Gasteiger charge is 2.16. The number of carbonyl (C=O) groups is 1. The number of amides is 1. The highest BCUT2D eigenvalue weighted by molar-refractivity contribution is 9.10. The zero-order valence-corrected chi connectivity index (χ0v) is 17.1. The highest BCUT2D eigenvalue weighted by atomic mass is 79.9. The molecule has 3 rings (SSSR count). The fourth-order valence-corrected chi connectivity index (χ4v) is 3.27. The van der Waals surface area contributed by atoms with Crippen molar-refractivity contribution in [3.05, 3.63) is 52.5 Å². The monoisotopic (exact) mass is 433 g/mol. The lowest BCUT2D eigenvalue weighted by molar-refractivity contribution is 0.0679. The minimum Gasteiger partial charge on any atom is -0.491 e. The Balaban J connectivity index is 1.56. The quantitative estimate of drug-likeness (QED) is 0.663. The van der Waals surface area contributed by atoms with Crippen molar-refractivity contribution in [2.45, 2.75) is 38.9 Å². The smallest absolute Gasteiger partial charge is 0.255 e. The summed E-state index contributed by atoms with van der Waals surface area (Å²) in [6.45, 7) is 5.30. The van der Waals surface area contributed by atoms with Crippen LogP contribution in [0.3, 0.4) is 0 Å². The zero-order valence-electron chi connectivity index (χ0n) is 15.5. The van der Waals surface area contributed by atoms with E-state index in [0.29, 0.717) is 23.6 Å². The second-order valence-electron chi connectivity index (χ2n) is 6.74. The Morgan fingerprint density at radius 3 is 2.67 bits per heavy atom. The van der Waals surface area contributed by atoms with Gasteiger partial charge in [-0.25, -0.2) is 0 Å². The first-order valence-electron chi connectivity index (χ1n) is 9.13. The van der Waals surface area contributed by atoms with E-state index in [9.17, 15) is 4.79 Å². The van der Waals surface area contributed by atoms with Crippen molar-refractivity contribution in [3.8, 4) is 11.5 Å². The number of anilines is 1. The molecule has 0 radical (unpaired) electrons. The lowest BCUT2D eigenvalue weighted by Crippen LogP contribution is -2.16. The summed E-state index contributed by atoms with van der Waals surface area (Å²) < 4.78 is 17.7. The van der Waals surface area contributed by atoms with Crippen molar-refractivity contribution >= 4 is 27.5 Å². The Kier molecular flexibility index (Phi) is 6.74. The van der Waals surface area contributed by atoms with E-state index in [1.54, 1.807) is 18.2 Å². The summed E-state index contributed by atoms with van der Waals surface area (Å²) in [4.78, 5) is 12.5. The van der Waals surface area contributed by atoms with E-state index in [2.05, 4.69) is 21.2 Å². The number of benzene rings is 2. The van der Waals surface area contributed by atoms with Gasteiger partial charge in [-0.15, -0.1) is 0 Å². The molecule has 1 N–H and O–H groups in total. The van der Waals surface area contributed by atoms with E-state index in [0.717, 1.165) is 29.7 Å². The van der Waals surface area contributed by atoms with Crippen molar-refractivity contribution in [2.24, 2.45) is 0 Å². The van der Waals surface area contributed by atoms with Crippen molar-refractivity contribution < 1.29 is 19.0 Å². The normalized spacial score (nSPS) is 16.4. The molecule has 6 heteroatoms. The fourth-order valence-electron chi connectivity index (χ4n) is 2.79. The molecular weight excluding hydrogens is 410 g/mol. The third kappa shape index (κ3) is 5.71. The number of rotatable bonds is 7. The second kappa shape index (κ2) is 9.24. The first-order valence-corrected chi connectivity index (χ1v) is 9.92. The molecule has 27 heavy (non-hydrogen) atoms. The van der Waals surface area contributed by atoms with Crippen LogP contribution in [0.1, 0.15) is 37.0 Å². The average Bonchev–Trinajstić information content (AvgIpc) is 3.16. The van der Waals surface area contributed by atoms with Crippen molar-refractivity contribution in [3.63, 3.8) is 0 Å². The first-order chi connectivity index (χ1) is 13.0. The van der Waals surface area contributed by atoms with E-state index in [-0.39, 0.29) is 18.1 Å². The molecule has 1 heterocycles. The van der Waals surface area contributed by atoms with E-state index in [1.165, 1.54) is 0 Å². The maximum atomic E-state index is 12.5. The molecule has 1 aliphatic heterocycles. The van der Waals surface area contributed by atoms with Crippen LogP contribution < -0.4 is 14.8 Å². The van der Waals surface area contributed by atoms with Crippen LogP contribution in [0.5, 0.6) is 11.5 Å². The Labute approximate surface area is 168 Å². The molecule has 1 fully saturated rings. The molecule has 1 amide bonds. The van der Waals surface area contributed by atoms with Gasteiger partial charge in [0, 0.05) is 17.9 Å². The number of nitrogens with one attached hydrogen (secondary N) is 1. The number of ether oxygens (including phenoxy) is 3. The minimum atomic E-state index is -0.181. The van der Waals surface area contributed by atoms with Crippen LogP contribution in [0.4, 0.5) is 5.69 Å². The van der Waals surface area contributed by atoms with Gasteiger partial charge in [-0.1, -0.05) is 0 Å². The predicted octanol–water partition coefficient (Wildman–Crippen LogP) is 5.05. The van der Waals surface area contributed by atoms with Gasteiger partial charge in [-0.2, -0.15) is 0 Å². The Hall–Kier alpha value is -2.05. The molecule has 1 atom stereocenters. The molecule has 2 aromatic rings. The summed E-state index contributed by atoms with van der Waals surface area (Å²) in [5.41, 5.74) is 1.26. The van der Waals surface area contributed by atoms with Gasteiger partial charge in [0.25, 0.3) is 5.91 Å². The highest BCUT2D eigenvalue weighted by Crippen LogP contribution is 2.27. The maximum Gasteiger partial charge on any atom is 0.255 e. The van der Waals surface area contributed by atoms with Gasteiger partial charge in [0.05, 0.1) is 16.7 Å². The van der Waals surface area contributed by atoms with Crippen LogP contribution in [0, 0.1) is 0 Å². The fraction of sp³-hybridized carbons (Fsp3) is 0.381. The molecule has 5 nitrogen and oxygen atoms in total. The van der Waals surface area contributed by atoms with Gasteiger partial charge in [-0.05, 0) is 85.1 Å². The van der Waals surface area contributed by atoms with Gasteiger partial charge in [-0.3, -0.25) is 4.79 Å². The summed E-state index contributed by atoms with van der Waals surface area (Å²) in [5, 5.41) is 2.89. The molecular formula is C21H24BrNO4. The molecule has 144 valence electrons. The number of carbonyl (C=O) groups excluding carboxylic acids is 1. The molecule has 0 spiro atoms. The average molecular weight is 434 g/mol. The molecule has 1 saturated heterocycles. The van der Waals surface area contributed by atoms with Crippen LogP contribution in [-0.2, 0) is 4.74 Å². The molecule has 2 aromatic carbocycles. The van der Waals surface area contributed by atoms with Gasteiger partial charge in [0.15, 0.2) is 0 Å². The van der Waals surface area contributed by atoms with Crippen LogP contribution in [-0.4, -0.2) is 31.3 Å². The molecule has 1 aliphatic rings. The van der Waals surface area contributed by atoms with Crippen molar-refractivity contribution in [1.82, 2.24) is 0 Å². The standard InChI is InChI=1S/C21H24BrNO4/c1-14(2)27-20-10-5-15(12-19(20)22)21(24)23-16-6-8-17(9-7-16)26-13-18-4-3-11-25-18/h5-10,12,14,18H,3-4,11,13H2,1-2H3,(H,23,24). The lowest BCUT2D eigenvalue weighted by atomic mass is 10.2. The largest absolute Gasteiger partial charge is 0.491 e. The van der Waals surface area contributed by atoms with Crippen molar-refractivity contribution in [1.29, 1.82) is 0 Å². The van der Waals surface area contributed by atoms with E-state index < -0.39 is 0 Å². The van der Waals surface area contributed by atoms with Gasteiger partial charge in [0.2, 0.25) is 0 Å². The predicted molar refractivity (Wildman–Crippen MR) is 109 cm³/mol. The van der Waals surface area contributed by atoms with Crippen LogP contribution in [0.25, 0.3) is 0 Å². The molecule has 0 aliphatic carbocycles. The minimum absolute atomic E-state index is 0.0712. The third-order valence-corrected chi connectivity index (χ3v) is 4.75. The molecule has 0 aromatic heterocycles. The van der Waals surface area contributed by atoms with E-state index in [4.69, 9.17) is 14.2 Å². The topological polar surface area (TPSA) is 56.8 Å².